The number of anilines is 2. The molecular formula is C10H12N6OS. The minimum Gasteiger partial charge on any atom is -0.364 e. The van der Waals surface area contributed by atoms with Gasteiger partial charge >= 0.3 is 0 Å². The monoisotopic (exact) mass is 264 g/mol. The molecule has 0 radical (unpaired) electrons. The van der Waals surface area contributed by atoms with Crippen molar-refractivity contribution in [3.05, 3.63) is 11.4 Å². The van der Waals surface area contributed by atoms with E-state index in [-0.39, 0.29) is 11.9 Å². The molecule has 0 saturated carbocycles. The zero-order chi connectivity index (χ0) is 12.5. The van der Waals surface area contributed by atoms with E-state index in [1.807, 2.05) is 11.4 Å². The maximum atomic E-state index is 11.2. The largest absolute Gasteiger partial charge is 0.364 e. The number of nitrogens with one attached hydrogen (secondary N) is 3. The first-order chi connectivity index (χ1) is 8.76. The molecule has 94 valence electrons. The highest BCUT2D eigenvalue weighted by Crippen LogP contribution is 2.27. The Labute approximate surface area is 107 Å². The van der Waals surface area contributed by atoms with E-state index in [1.54, 1.807) is 0 Å². The molecule has 0 aromatic carbocycles. The van der Waals surface area contributed by atoms with Gasteiger partial charge in [-0.25, -0.2) is 10.8 Å². The molecule has 5 N–H and O–H groups in total. The zero-order valence-corrected chi connectivity index (χ0v) is 10.3. The average molecular weight is 264 g/mol. The third kappa shape index (κ3) is 1.95. The quantitative estimate of drug-likeness (QED) is 0.469. The van der Waals surface area contributed by atoms with Crippen LogP contribution in [0.3, 0.4) is 0 Å². The number of nitrogens with zero attached hydrogens (tertiary/aromatic N) is 2. The molecule has 3 heterocycles. The van der Waals surface area contributed by atoms with E-state index >= 15 is 0 Å². The number of thiophene rings is 1. The SMILES string of the molecule is NNc1nc(NC2CNC(=O)C2)c2ccsc2n1. The number of amides is 1. The van der Waals surface area contributed by atoms with Crippen LogP contribution in [0.2, 0.25) is 0 Å². The molecule has 0 aliphatic carbocycles. The first-order valence-corrected chi connectivity index (χ1v) is 6.39. The molecule has 2 aromatic rings. The lowest BCUT2D eigenvalue weighted by Gasteiger charge is -2.12. The maximum Gasteiger partial charge on any atom is 0.240 e. The first kappa shape index (κ1) is 11.2. The van der Waals surface area contributed by atoms with E-state index in [2.05, 4.69) is 26.0 Å². The highest BCUT2D eigenvalue weighted by molar-refractivity contribution is 7.16. The van der Waals surface area contributed by atoms with Gasteiger partial charge in [0.05, 0.1) is 11.4 Å². The summed E-state index contributed by atoms with van der Waals surface area (Å²) >= 11 is 1.52. The van der Waals surface area contributed by atoms with Gasteiger partial charge in [0.25, 0.3) is 0 Å². The lowest BCUT2D eigenvalue weighted by Crippen LogP contribution is -2.23. The first-order valence-electron chi connectivity index (χ1n) is 5.51. The van der Waals surface area contributed by atoms with Crippen LogP contribution >= 0.6 is 11.3 Å². The smallest absolute Gasteiger partial charge is 0.240 e. The Morgan fingerprint density at radius 2 is 2.39 bits per heavy atom. The number of fused-ring (bicyclic) bond motifs is 1. The Balaban J connectivity index is 1.94. The summed E-state index contributed by atoms with van der Waals surface area (Å²) in [6.45, 7) is 0.611. The Morgan fingerprint density at radius 3 is 3.11 bits per heavy atom. The van der Waals surface area contributed by atoms with Gasteiger partial charge in [-0.2, -0.15) is 4.98 Å². The number of rotatable bonds is 3. The van der Waals surface area contributed by atoms with Gasteiger partial charge in [0.15, 0.2) is 0 Å². The third-order valence-electron chi connectivity index (χ3n) is 2.77. The highest BCUT2D eigenvalue weighted by atomic mass is 32.1. The van der Waals surface area contributed by atoms with Gasteiger partial charge in [-0.1, -0.05) is 0 Å². The van der Waals surface area contributed by atoms with E-state index in [0.29, 0.717) is 24.7 Å². The topological polar surface area (TPSA) is 105 Å². The summed E-state index contributed by atoms with van der Waals surface area (Å²) in [4.78, 5) is 20.6. The van der Waals surface area contributed by atoms with Crippen LogP contribution in [-0.4, -0.2) is 28.5 Å². The number of hydrogen-bond acceptors (Lipinski definition) is 7. The summed E-state index contributed by atoms with van der Waals surface area (Å²) in [5.74, 6) is 6.47. The minimum absolute atomic E-state index is 0.0558. The van der Waals surface area contributed by atoms with Gasteiger partial charge in [-0.15, -0.1) is 11.3 Å². The van der Waals surface area contributed by atoms with E-state index < -0.39 is 0 Å². The molecule has 3 rings (SSSR count). The van der Waals surface area contributed by atoms with Crippen molar-refractivity contribution < 1.29 is 4.79 Å². The summed E-state index contributed by atoms with van der Waals surface area (Å²) in [6, 6.07) is 2.01. The second-order valence-electron chi connectivity index (χ2n) is 4.03. The Morgan fingerprint density at radius 1 is 1.50 bits per heavy atom. The van der Waals surface area contributed by atoms with Gasteiger partial charge in [0, 0.05) is 13.0 Å². The molecule has 1 aliphatic heterocycles. The Kier molecular flexibility index (Phi) is 2.73. The van der Waals surface area contributed by atoms with Crippen molar-refractivity contribution in [2.45, 2.75) is 12.5 Å². The number of nitrogens with two attached hydrogens (primary N) is 1. The maximum absolute atomic E-state index is 11.2. The van der Waals surface area contributed by atoms with Crippen LogP contribution in [0.25, 0.3) is 10.2 Å². The summed E-state index contributed by atoms with van der Waals surface area (Å²) in [5.41, 5.74) is 2.44. The number of carbonyl (C=O) groups excluding carboxylic acids is 1. The molecule has 1 saturated heterocycles. The summed E-state index contributed by atoms with van der Waals surface area (Å²) in [6.07, 6.45) is 0.459. The van der Waals surface area contributed by atoms with Gasteiger partial charge < -0.3 is 10.6 Å². The molecule has 8 heteroatoms. The minimum atomic E-state index is 0.0558. The van der Waals surface area contributed by atoms with Crippen LogP contribution in [0.1, 0.15) is 6.42 Å². The lowest BCUT2D eigenvalue weighted by molar-refractivity contribution is -0.119. The molecule has 1 fully saturated rings. The average Bonchev–Trinajstić information content (AvgIpc) is 2.98. The number of aromatic nitrogens is 2. The molecule has 0 bridgehead atoms. The van der Waals surface area contributed by atoms with Gasteiger partial charge in [-0.3, -0.25) is 10.2 Å². The van der Waals surface area contributed by atoms with Crippen molar-refractivity contribution in [1.82, 2.24) is 15.3 Å². The molecular weight excluding hydrogens is 252 g/mol. The summed E-state index contributed by atoms with van der Waals surface area (Å²) in [5, 5.41) is 8.92. The zero-order valence-electron chi connectivity index (χ0n) is 9.43. The lowest BCUT2D eigenvalue weighted by atomic mass is 10.2. The number of carbonyl (C=O) groups is 1. The molecule has 2 aromatic heterocycles. The van der Waals surface area contributed by atoms with Crippen molar-refractivity contribution in [2.75, 3.05) is 17.3 Å². The van der Waals surface area contributed by atoms with E-state index in [9.17, 15) is 4.79 Å². The fourth-order valence-electron chi connectivity index (χ4n) is 1.93. The van der Waals surface area contributed by atoms with Crippen molar-refractivity contribution in [2.24, 2.45) is 5.84 Å². The standard InChI is InChI=1S/C10H12N6OS/c11-16-10-14-8(6-1-2-18-9(6)15-10)13-5-3-7(17)12-4-5/h1-2,5H,3-4,11H2,(H,12,17)(H2,13,14,15,16). The summed E-state index contributed by atoms with van der Waals surface area (Å²) in [7, 11) is 0. The molecule has 1 amide bonds. The third-order valence-corrected chi connectivity index (χ3v) is 3.58. The van der Waals surface area contributed by atoms with Crippen LogP contribution in [0.15, 0.2) is 11.4 Å². The van der Waals surface area contributed by atoms with Crippen LogP contribution < -0.4 is 21.9 Å². The fraction of sp³-hybridized carbons (Fsp3) is 0.300. The molecule has 0 spiro atoms. The van der Waals surface area contributed by atoms with Crippen LogP contribution in [0.4, 0.5) is 11.8 Å². The predicted molar refractivity (Wildman–Crippen MR) is 70.3 cm³/mol. The van der Waals surface area contributed by atoms with Gasteiger partial charge in [-0.05, 0) is 11.4 Å². The van der Waals surface area contributed by atoms with E-state index in [0.717, 1.165) is 10.2 Å². The fourth-order valence-corrected chi connectivity index (χ4v) is 2.69. The van der Waals surface area contributed by atoms with E-state index in [4.69, 9.17) is 5.84 Å². The Bertz CT molecular complexity index is 597. The predicted octanol–water partition coefficient (Wildman–Crippen LogP) is 0.277. The highest BCUT2D eigenvalue weighted by Gasteiger charge is 2.22. The summed E-state index contributed by atoms with van der Waals surface area (Å²) < 4.78 is 0. The van der Waals surface area contributed by atoms with Crippen LogP contribution in [-0.2, 0) is 4.79 Å². The molecule has 7 nitrogen and oxygen atoms in total. The van der Waals surface area contributed by atoms with Crippen molar-refractivity contribution >= 4 is 39.2 Å². The number of hydrogen-bond donors (Lipinski definition) is 4. The van der Waals surface area contributed by atoms with Gasteiger partial charge in [0.1, 0.15) is 10.6 Å². The van der Waals surface area contributed by atoms with Crippen LogP contribution in [0, 0.1) is 0 Å². The number of hydrazine groups is 1. The second kappa shape index (κ2) is 4.39. The number of nitrogen functional groups attached to an aromatic ring is 1. The molecule has 1 atom stereocenters. The Hall–Kier alpha value is -1.93. The molecule has 1 aliphatic rings. The second-order valence-corrected chi connectivity index (χ2v) is 4.92. The van der Waals surface area contributed by atoms with Gasteiger partial charge in [0.2, 0.25) is 11.9 Å². The van der Waals surface area contributed by atoms with Crippen molar-refractivity contribution in [3.63, 3.8) is 0 Å². The normalized spacial score (nSPS) is 18.9. The van der Waals surface area contributed by atoms with Crippen molar-refractivity contribution in [3.8, 4) is 0 Å². The van der Waals surface area contributed by atoms with E-state index in [1.165, 1.54) is 11.3 Å². The molecule has 1 unspecified atom stereocenters. The molecule has 18 heavy (non-hydrogen) atoms. The van der Waals surface area contributed by atoms with Crippen molar-refractivity contribution in [1.29, 1.82) is 0 Å². The van der Waals surface area contributed by atoms with Crippen LogP contribution in [0.5, 0.6) is 0 Å².